The van der Waals surface area contributed by atoms with Crippen LogP contribution in [0.2, 0.25) is 0 Å². The molecule has 146 valence electrons. The van der Waals surface area contributed by atoms with E-state index in [1.165, 1.54) is 12.4 Å². The Morgan fingerprint density at radius 2 is 1.64 bits per heavy atom. The normalized spacial score (nSPS) is 15.5. The predicted octanol–water partition coefficient (Wildman–Crippen LogP) is 4.37. The lowest BCUT2D eigenvalue weighted by Crippen LogP contribution is -2.43. The average molecular weight is 397 g/mol. The number of rotatable bonds is 5. The number of nitrogens with one attached hydrogen (secondary N) is 1. The van der Waals surface area contributed by atoms with E-state index in [9.17, 15) is 22.0 Å². The Labute approximate surface area is 154 Å². The van der Waals surface area contributed by atoms with Crippen LogP contribution in [-0.2, 0) is 5.54 Å². The van der Waals surface area contributed by atoms with Gasteiger partial charge >= 0.3 is 6.43 Å². The lowest BCUT2D eigenvalue weighted by atomic mass is 9.71. The molecule has 6 nitrogen and oxygen atoms in total. The number of halogens is 5. The molecule has 0 atom stereocenters. The van der Waals surface area contributed by atoms with Crippen molar-refractivity contribution in [1.82, 2.24) is 20.2 Å². The van der Waals surface area contributed by atoms with Gasteiger partial charge in [-0.15, -0.1) is 10.2 Å². The first-order valence-electron chi connectivity index (χ1n) is 8.25. The summed E-state index contributed by atoms with van der Waals surface area (Å²) in [4.78, 5) is 8.09. The van der Waals surface area contributed by atoms with Crippen LogP contribution in [-0.4, -0.2) is 20.2 Å². The molecule has 0 spiro atoms. The van der Waals surface area contributed by atoms with E-state index in [0.29, 0.717) is 18.9 Å². The molecule has 1 aliphatic rings. The fraction of sp³-hybridized carbons (Fsp3) is 0.294. The highest BCUT2D eigenvalue weighted by atomic mass is 19.3. The molecule has 28 heavy (non-hydrogen) atoms. The topological polar surface area (TPSA) is 76.7 Å². The standard InChI is InChI=1S/C17H12F5N5O/c18-10-5-12(20)11(19)4-9(10)17(2-1-3-17)25-16-23-6-8(7-24-16)14-26-27-15(28-14)13(21)22/h4-7,13H,1-3H2,(H,23,24,25). The van der Waals surface area contributed by atoms with E-state index in [2.05, 4.69) is 25.5 Å². The molecule has 1 N–H and O–H groups in total. The Kier molecular flexibility index (Phi) is 4.44. The smallest absolute Gasteiger partial charge is 0.314 e. The second-order valence-corrected chi connectivity index (χ2v) is 6.35. The molecular weight excluding hydrogens is 385 g/mol. The van der Waals surface area contributed by atoms with Crippen LogP contribution in [0.5, 0.6) is 0 Å². The molecule has 0 radical (unpaired) electrons. The molecule has 11 heteroatoms. The van der Waals surface area contributed by atoms with Crippen molar-refractivity contribution < 1.29 is 26.4 Å². The number of aromatic nitrogens is 4. The van der Waals surface area contributed by atoms with Crippen LogP contribution < -0.4 is 5.32 Å². The van der Waals surface area contributed by atoms with Gasteiger partial charge in [0.05, 0.1) is 11.1 Å². The average Bonchev–Trinajstić information content (AvgIpc) is 3.13. The minimum atomic E-state index is -2.90. The van der Waals surface area contributed by atoms with Crippen LogP contribution in [0.3, 0.4) is 0 Å². The summed E-state index contributed by atoms with van der Waals surface area (Å²) in [6, 6.07) is 1.34. The lowest BCUT2D eigenvalue weighted by Gasteiger charge is -2.43. The summed E-state index contributed by atoms with van der Waals surface area (Å²) in [5.74, 6) is -4.17. The number of benzene rings is 1. The molecule has 0 aliphatic heterocycles. The molecule has 0 bridgehead atoms. The van der Waals surface area contributed by atoms with Crippen molar-refractivity contribution >= 4 is 5.95 Å². The fourth-order valence-electron chi connectivity index (χ4n) is 3.04. The number of alkyl halides is 2. The maximum atomic E-state index is 14.2. The van der Waals surface area contributed by atoms with Gasteiger partial charge in [0.2, 0.25) is 5.95 Å². The van der Waals surface area contributed by atoms with Gasteiger partial charge < -0.3 is 9.73 Å². The molecule has 4 rings (SSSR count). The zero-order chi connectivity index (χ0) is 19.9. The van der Waals surface area contributed by atoms with Crippen molar-refractivity contribution in [2.75, 3.05) is 5.32 Å². The molecule has 0 saturated heterocycles. The van der Waals surface area contributed by atoms with Gasteiger partial charge in [0.25, 0.3) is 11.8 Å². The van der Waals surface area contributed by atoms with E-state index in [-0.39, 0.29) is 23.0 Å². The van der Waals surface area contributed by atoms with Crippen molar-refractivity contribution in [3.8, 4) is 11.5 Å². The van der Waals surface area contributed by atoms with E-state index < -0.39 is 35.3 Å². The van der Waals surface area contributed by atoms with Crippen LogP contribution in [0, 0.1) is 17.5 Å². The summed E-state index contributed by atoms with van der Waals surface area (Å²) in [7, 11) is 0. The Balaban J connectivity index is 1.58. The zero-order valence-corrected chi connectivity index (χ0v) is 14.1. The van der Waals surface area contributed by atoms with Gasteiger partial charge in [-0.25, -0.2) is 23.1 Å². The minimum absolute atomic E-state index is 0.0104. The summed E-state index contributed by atoms with van der Waals surface area (Å²) in [6.45, 7) is 0. The molecule has 0 unspecified atom stereocenters. The molecule has 2 aromatic heterocycles. The number of anilines is 1. The summed E-state index contributed by atoms with van der Waals surface area (Å²) in [5.41, 5.74) is -0.761. The van der Waals surface area contributed by atoms with Crippen LogP contribution >= 0.6 is 0 Å². The van der Waals surface area contributed by atoms with E-state index in [1.54, 1.807) is 0 Å². The van der Waals surface area contributed by atoms with Gasteiger partial charge in [0.15, 0.2) is 11.6 Å². The zero-order valence-electron chi connectivity index (χ0n) is 14.1. The summed E-state index contributed by atoms with van der Waals surface area (Å²) in [5, 5.41) is 9.67. The number of hydrogen-bond donors (Lipinski definition) is 1. The quantitative estimate of drug-likeness (QED) is 0.509. The maximum Gasteiger partial charge on any atom is 0.314 e. The lowest BCUT2D eigenvalue weighted by molar-refractivity contribution is 0.116. The molecule has 1 saturated carbocycles. The summed E-state index contributed by atoms with van der Waals surface area (Å²) < 4.78 is 70.9. The molecule has 3 aromatic rings. The third-order valence-electron chi connectivity index (χ3n) is 4.61. The Bertz CT molecular complexity index is 1000. The molecule has 1 aliphatic carbocycles. The van der Waals surface area contributed by atoms with Gasteiger partial charge in [-0.05, 0) is 25.3 Å². The number of nitrogens with zero attached hydrogens (tertiary/aromatic N) is 4. The monoisotopic (exact) mass is 397 g/mol. The van der Waals surface area contributed by atoms with Gasteiger partial charge in [-0.3, -0.25) is 0 Å². The molecule has 0 amide bonds. The van der Waals surface area contributed by atoms with Crippen molar-refractivity contribution in [1.29, 1.82) is 0 Å². The van der Waals surface area contributed by atoms with E-state index in [4.69, 9.17) is 4.42 Å². The molecule has 1 aromatic carbocycles. The van der Waals surface area contributed by atoms with Crippen molar-refractivity contribution in [2.24, 2.45) is 0 Å². The summed E-state index contributed by atoms with van der Waals surface area (Å²) in [6.07, 6.45) is 1.34. The van der Waals surface area contributed by atoms with Crippen molar-refractivity contribution in [3.63, 3.8) is 0 Å². The first-order chi connectivity index (χ1) is 13.4. The van der Waals surface area contributed by atoms with E-state index in [1.807, 2.05) is 0 Å². The largest absolute Gasteiger partial charge is 0.415 e. The predicted molar refractivity (Wildman–Crippen MR) is 85.7 cm³/mol. The van der Waals surface area contributed by atoms with E-state index in [0.717, 1.165) is 12.5 Å². The van der Waals surface area contributed by atoms with Crippen molar-refractivity contribution in [2.45, 2.75) is 31.2 Å². The highest BCUT2D eigenvalue weighted by Crippen LogP contribution is 2.45. The number of hydrogen-bond acceptors (Lipinski definition) is 6. The highest BCUT2D eigenvalue weighted by Gasteiger charge is 2.42. The first kappa shape index (κ1) is 18.3. The third-order valence-corrected chi connectivity index (χ3v) is 4.61. The van der Waals surface area contributed by atoms with Crippen LogP contribution in [0.15, 0.2) is 28.9 Å². The van der Waals surface area contributed by atoms with E-state index >= 15 is 0 Å². The molecular formula is C17H12F5N5O. The van der Waals surface area contributed by atoms with Crippen LogP contribution in [0.25, 0.3) is 11.5 Å². The van der Waals surface area contributed by atoms with Gasteiger partial charge in [-0.1, -0.05) is 0 Å². The second-order valence-electron chi connectivity index (χ2n) is 6.35. The van der Waals surface area contributed by atoms with Crippen LogP contribution in [0.4, 0.5) is 27.9 Å². The van der Waals surface area contributed by atoms with Crippen LogP contribution in [0.1, 0.15) is 37.1 Å². The van der Waals surface area contributed by atoms with Gasteiger partial charge in [0, 0.05) is 24.0 Å². The minimum Gasteiger partial charge on any atom is -0.415 e. The maximum absolute atomic E-state index is 14.2. The highest BCUT2D eigenvalue weighted by molar-refractivity contribution is 5.51. The van der Waals surface area contributed by atoms with Gasteiger partial charge in [-0.2, -0.15) is 8.78 Å². The van der Waals surface area contributed by atoms with Gasteiger partial charge in [0.1, 0.15) is 5.82 Å². The van der Waals surface area contributed by atoms with Crippen molar-refractivity contribution in [3.05, 3.63) is 53.4 Å². The Morgan fingerprint density at radius 3 is 2.21 bits per heavy atom. The third kappa shape index (κ3) is 3.16. The Hall–Kier alpha value is -3.11. The first-order valence-corrected chi connectivity index (χ1v) is 8.25. The molecule has 1 fully saturated rings. The fourth-order valence-corrected chi connectivity index (χ4v) is 3.04. The SMILES string of the molecule is Fc1cc(F)c(C2(Nc3ncc(-c4nnc(C(F)F)o4)cn3)CCC2)cc1F. The Morgan fingerprint density at radius 1 is 0.964 bits per heavy atom. The molecule has 2 heterocycles. The second kappa shape index (κ2) is 6.80. The summed E-state index contributed by atoms with van der Waals surface area (Å²) >= 11 is 0.